The third-order valence-electron chi connectivity index (χ3n) is 14.0. The van der Waals surface area contributed by atoms with Gasteiger partial charge in [0.25, 0.3) is 0 Å². The van der Waals surface area contributed by atoms with Crippen molar-refractivity contribution in [1.29, 1.82) is 0 Å². The summed E-state index contributed by atoms with van der Waals surface area (Å²) in [7, 11) is 0. The van der Waals surface area contributed by atoms with Crippen molar-refractivity contribution < 1.29 is 8.83 Å². The SMILES string of the molecule is c1ccc(-c2cc(-c3ccccc3)cc(-c3nc(-c4cccc(-c5cccc6c5c5cccc7oc8ccc9c%10ccccc%10n6c9c8c75)c4)nc(-c4cccc5c4oc4ccccc45)n3)c2)cc1. The number of para-hydroxylation sites is 3. The van der Waals surface area contributed by atoms with Crippen LogP contribution in [0.3, 0.4) is 0 Å². The zero-order valence-electron chi connectivity index (χ0n) is 36.9. The maximum atomic E-state index is 6.63. The van der Waals surface area contributed by atoms with Crippen LogP contribution in [0.1, 0.15) is 0 Å². The lowest BCUT2D eigenvalue weighted by atomic mass is 9.95. The van der Waals surface area contributed by atoms with E-state index < -0.39 is 0 Å². The second-order valence-corrected chi connectivity index (χ2v) is 17.9. The number of rotatable bonds is 6. The van der Waals surface area contributed by atoms with Crippen molar-refractivity contribution in [3.63, 3.8) is 0 Å². The second-order valence-electron chi connectivity index (χ2n) is 17.9. The minimum atomic E-state index is 0.530. The number of fused-ring (bicyclic) bond motifs is 9. The topological polar surface area (TPSA) is 69.4 Å². The Labute approximate surface area is 394 Å². The fourth-order valence-electron chi connectivity index (χ4n) is 10.9. The molecule has 0 aliphatic rings. The van der Waals surface area contributed by atoms with Crippen molar-refractivity contribution in [3.8, 4) is 67.5 Å². The number of hydrogen-bond acceptors (Lipinski definition) is 5. The molecule has 0 aliphatic carbocycles. The molecule has 6 nitrogen and oxygen atoms in total. The standard InChI is InChI=1S/C63H36N4O2/c1-3-15-37(16-4-1)41-34-42(38-17-5-2-6-18-38)36-43(35-41)62-64-61(65-63(66-62)50-26-12-24-48-46-22-8-10-29-53(46)69-60(48)50)40-20-11-19-39(33-40)44-23-13-28-52-56(44)49-25-14-30-54-57(49)58-55(68-54)32-31-47-45-21-7-9-27-51(45)67(52)59(47)58/h1-36H. The van der Waals surface area contributed by atoms with Crippen LogP contribution in [0.25, 0.3) is 150 Å². The maximum absolute atomic E-state index is 6.63. The molecular weight excluding hydrogens is 845 g/mol. The minimum Gasteiger partial charge on any atom is -0.456 e. The molecule has 0 amide bonds. The molecule has 10 aromatic carbocycles. The molecule has 0 saturated carbocycles. The molecule has 0 aliphatic heterocycles. The molecule has 0 spiro atoms. The van der Waals surface area contributed by atoms with E-state index in [-0.39, 0.29) is 0 Å². The Kier molecular flexibility index (Phi) is 7.97. The lowest BCUT2D eigenvalue weighted by molar-refractivity contribution is 0.669. The predicted octanol–water partition coefficient (Wildman–Crippen LogP) is 16.8. The van der Waals surface area contributed by atoms with Gasteiger partial charge >= 0.3 is 0 Å². The van der Waals surface area contributed by atoms with Crippen LogP contribution in [-0.2, 0) is 0 Å². The monoisotopic (exact) mass is 880 g/mol. The molecule has 0 saturated heterocycles. The summed E-state index contributed by atoms with van der Waals surface area (Å²) in [5.41, 5.74) is 15.8. The third kappa shape index (κ3) is 5.69. The highest BCUT2D eigenvalue weighted by molar-refractivity contribution is 6.32. The van der Waals surface area contributed by atoms with Crippen molar-refractivity contribution in [3.05, 3.63) is 218 Å². The van der Waals surface area contributed by atoms with E-state index in [2.05, 4.69) is 186 Å². The van der Waals surface area contributed by atoms with Crippen LogP contribution in [-0.4, -0.2) is 19.4 Å². The van der Waals surface area contributed by atoms with Gasteiger partial charge in [-0.1, -0.05) is 152 Å². The summed E-state index contributed by atoms with van der Waals surface area (Å²) in [6.45, 7) is 0. The van der Waals surface area contributed by atoms with Gasteiger partial charge in [-0.3, -0.25) is 0 Å². The van der Waals surface area contributed by atoms with Gasteiger partial charge in [0.05, 0.1) is 27.5 Å². The average molecular weight is 881 g/mol. The normalized spacial score (nSPS) is 12.1. The highest BCUT2D eigenvalue weighted by Crippen LogP contribution is 2.46. The zero-order valence-corrected chi connectivity index (χ0v) is 36.9. The van der Waals surface area contributed by atoms with E-state index in [1.807, 2.05) is 36.4 Å². The van der Waals surface area contributed by atoms with E-state index in [1.54, 1.807) is 0 Å². The summed E-state index contributed by atoms with van der Waals surface area (Å²) in [5.74, 6) is 1.65. The number of nitrogens with zero attached hydrogens (tertiary/aromatic N) is 4. The van der Waals surface area contributed by atoms with E-state index in [4.69, 9.17) is 23.8 Å². The summed E-state index contributed by atoms with van der Waals surface area (Å²) in [5, 5.41) is 9.03. The maximum Gasteiger partial charge on any atom is 0.167 e. The van der Waals surface area contributed by atoms with E-state index in [0.29, 0.717) is 17.5 Å². The highest BCUT2D eigenvalue weighted by Gasteiger charge is 2.24. The van der Waals surface area contributed by atoms with Crippen LogP contribution in [0.5, 0.6) is 0 Å². The van der Waals surface area contributed by atoms with Crippen LogP contribution in [0.2, 0.25) is 0 Å². The molecule has 5 aromatic heterocycles. The van der Waals surface area contributed by atoms with Gasteiger partial charge < -0.3 is 13.2 Å². The van der Waals surface area contributed by atoms with Gasteiger partial charge in [-0.05, 0) is 105 Å². The van der Waals surface area contributed by atoms with E-state index in [9.17, 15) is 0 Å². The van der Waals surface area contributed by atoms with Gasteiger partial charge in [0.15, 0.2) is 17.5 Å². The molecule has 69 heavy (non-hydrogen) atoms. The molecule has 0 fully saturated rings. The summed E-state index contributed by atoms with van der Waals surface area (Å²) >= 11 is 0. The lowest BCUT2D eigenvalue weighted by Gasteiger charge is -2.13. The van der Waals surface area contributed by atoms with Gasteiger partial charge in [0.1, 0.15) is 22.3 Å². The van der Waals surface area contributed by atoms with Crippen molar-refractivity contribution in [2.75, 3.05) is 0 Å². The Bertz CT molecular complexity index is 4490. The summed E-state index contributed by atoms with van der Waals surface area (Å²) in [4.78, 5) is 16.1. The molecule has 0 unspecified atom stereocenters. The van der Waals surface area contributed by atoms with E-state index >= 15 is 0 Å². The van der Waals surface area contributed by atoms with E-state index in [1.165, 1.54) is 16.3 Å². The van der Waals surface area contributed by atoms with Crippen molar-refractivity contribution >= 4 is 82.0 Å². The Morgan fingerprint density at radius 1 is 0.290 bits per heavy atom. The molecule has 0 bridgehead atoms. The van der Waals surface area contributed by atoms with E-state index in [0.717, 1.165) is 116 Å². The molecule has 6 heteroatoms. The van der Waals surface area contributed by atoms with Crippen molar-refractivity contribution in [1.82, 2.24) is 19.4 Å². The molecule has 15 rings (SSSR count). The number of benzene rings is 10. The summed E-state index contributed by atoms with van der Waals surface area (Å²) in [6.07, 6.45) is 0. The van der Waals surface area contributed by atoms with Gasteiger partial charge in [0, 0.05) is 43.4 Å². The fourth-order valence-corrected chi connectivity index (χ4v) is 10.9. The first-order chi connectivity index (χ1) is 34.2. The van der Waals surface area contributed by atoms with Crippen LogP contribution in [0.15, 0.2) is 227 Å². The smallest absolute Gasteiger partial charge is 0.167 e. The largest absolute Gasteiger partial charge is 0.456 e. The van der Waals surface area contributed by atoms with Gasteiger partial charge in [-0.15, -0.1) is 0 Å². The highest BCUT2D eigenvalue weighted by atomic mass is 16.3. The second kappa shape index (κ2) is 14.6. The third-order valence-corrected chi connectivity index (χ3v) is 14.0. The first-order valence-corrected chi connectivity index (χ1v) is 23.3. The van der Waals surface area contributed by atoms with Crippen LogP contribution < -0.4 is 0 Å². The first kappa shape index (κ1) is 37.8. The molecular formula is C63H36N4O2. The zero-order chi connectivity index (χ0) is 45.2. The molecule has 5 heterocycles. The Balaban J connectivity index is 0.991. The molecule has 0 N–H and O–H groups in total. The predicted molar refractivity (Wildman–Crippen MR) is 282 cm³/mol. The van der Waals surface area contributed by atoms with Crippen molar-refractivity contribution in [2.45, 2.75) is 0 Å². The average Bonchev–Trinajstić information content (AvgIpc) is 4.08. The Morgan fingerprint density at radius 3 is 1.67 bits per heavy atom. The molecule has 0 radical (unpaired) electrons. The summed E-state index contributed by atoms with van der Waals surface area (Å²) in [6, 6.07) is 76.8. The Morgan fingerprint density at radius 2 is 0.841 bits per heavy atom. The van der Waals surface area contributed by atoms with Crippen molar-refractivity contribution in [2.24, 2.45) is 0 Å². The fraction of sp³-hybridized carbons (Fsp3) is 0. The molecule has 15 aromatic rings. The van der Waals surface area contributed by atoms with Crippen LogP contribution >= 0.6 is 0 Å². The lowest BCUT2D eigenvalue weighted by Crippen LogP contribution is -2.01. The minimum absolute atomic E-state index is 0.530. The molecule has 320 valence electrons. The first-order valence-electron chi connectivity index (χ1n) is 23.3. The van der Waals surface area contributed by atoms with Crippen LogP contribution in [0.4, 0.5) is 0 Å². The molecule has 0 atom stereocenters. The Hall–Kier alpha value is -9.39. The number of aromatic nitrogens is 4. The van der Waals surface area contributed by atoms with Crippen LogP contribution in [0, 0.1) is 0 Å². The quantitative estimate of drug-likeness (QED) is 0.166. The van der Waals surface area contributed by atoms with Gasteiger partial charge in [-0.2, -0.15) is 0 Å². The summed E-state index contributed by atoms with van der Waals surface area (Å²) < 4.78 is 15.7. The number of furan rings is 2. The van der Waals surface area contributed by atoms with Gasteiger partial charge in [0.2, 0.25) is 0 Å². The van der Waals surface area contributed by atoms with Gasteiger partial charge in [-0.25, -0.2) is 15.0 Å². The number of hydrogen-bond donors (Lipinski definition) is 0.